The molecule has 1 amide bonds. The van der Waals surface area contributed by atoms with Crippen LogP contribution in [0.5, 0.6) is 11.5 Å². The minimum atomic E-state index is -0.0903. The molecule has 0 saturated heterocycles. The van der Waals surface area contributed by atoms with Crippen molar-refractivity contribution in [3.8, 4) is 22.8 Å². The molecule has 0 atom stereocenters. The highest BCUT2D eigenvalue weighted by Crippen LogP contribution is 2.23. The lowest BCUT2D eigenvalue weighted by Crippen LogP contribution is -2.27. The SMILES string of the molecule is COc1ccc(-c2cc(CC(=O)NCCc3cccc(OC)c3)no2)cc1. The molecule has 2 aromatic carbocycles. The molecule has 1 aromatic heterocycles. The van der Waals surface area contributed by atoms with Gasteiger partial charge in [-0.15, -0.1) is 0 Å². The van der Waals surface area contributed by atoms with E-state index in [2.05, 4.69) is 10.5 Å². The molecule has 3 aromatic rings. The Morgan fingerprint density at radius 1 is 1.04 bits per heavy atom. The van der Waals surface area contributed by atoms with Gasteiger partial charge < -0.3 is 19.3 Å². The van der Waals surface area contributed by atoms with Crippen molar-refractivity contribution in [1.29, 1.82) is 0 Å². The second-order valence-corrected chi connectivity index (χ2v) is 6.04. The van der Waals surface area contributed by atoms with E-state index in [4.69, 9.17) is 14.0 Å². The summed E-state index contributed by atoms with van der Waals surface area (Å²) in [4.78, 5) is 12.1. The lowest BCUT2D eigenvalue weighted by molar-refractivity contribution is -0.120. The van der Waals surface area contributed by atoms with Crippen molar-refractivity contribution in [1.82, 2.24) is 10.5 Å². The largest absolute Gasteiger partial charge is 0.497 e. The van der Waals surface area contributed by atoms with Crippen LogP contribution in [0.3, 0.4) is 0 Å². The van der Waals surface area contributed by atoms with E-state index in [9.17, 15) is 4.79 Å². The molecular formula is C21H22N2O4. The quantitative estimate of drug-likeness (QED) is 0.662. The maximum atomic E-state index is 12.1. The molecule has 6 nitrogen and oxygen atoms in total. The third-order valence-electron chi connectivity index (χ3n) is 4.15. The van der Waals surface area contributed by atoms with E-state index >= 15 is 0 Å². The molecule has 0 unspecified atom stereocenters. The number of benzene rings is 2. The Balaban J connectivity index is 1.50. The Bertz CT molecular complexity index is 887. The van der Waals surface area contributed by atoms with Gasteiger partial charge in [0.05, 0.1) is 26.3 Å². The average Bonchev–Trinajstić information content (AvgIpc) is 3.16. The molecule has 140 valence electrons. The number of hydrogen-bond acceptors (Lipinski definition) is 5. The number of carbonyl (C=O) groups excluding carboxylic acids is 1. The summed E-state index contributed by atoms with van der Waals surface area (Å²) in [7, 11) is 3.26. The molecule has 1 heterocycles. The molecular weight excluding hydrogens is 344 g/mol. The number of ether oxygens (including phenoxy) is 2. The lowest BCUT2D eigenvalue weighted by Gasteiger charge is -2.06. The van der Waals surface area contributed by atoms with E-state index in [0.29, 0.717) is 18.0 Å². The predicted molar refractivity (Wildman–Crippen MR) is 102 cm³/mol. The number of amides is 1. The van der Waals surface area contributed by atoms with Crippen LogP contribution < -0.4 is 14.8 Å². The fourth-order valence-electron chi connectivity index (χ4n) is 2.69. The third kappa shape index (κ3) is 5.10. The minimum Gasteiger partial charge on any atom is -0.497 e. The molecule has 0 radical (unpaired) electrons. The van der Waals surface area contributed by atoms with Crippen molar-refractivity contribution in [3.05, 3.63) is 65.9 Å². The van der Waals surface area contributed by atoms with E-state index in [1.165, 1.54) is 0 Å². The standard InChI is InChI=1S/C21H22N2O4/c1-25-18-8-6-16(7-9-18)20-13-17(23-27-20)14-21(24)22-11-10-15-4-3-5-19(12-15)26-2/h3-9,12-13H,10-11,14H2,1-2H3,(H,22,24). The van der Waals surface area contributed by atoms with Crippen LogP contribution in [-0.4, -0.2) is 31.8 Å². The molecule has 0 bridgehead atoms. The van der Waals surface area contributed by atoms with Crippen LogP contribution >= 0.6 is 0 Å². The second kappa shape index (κ2) is 8.89. The minimum absolute atomic E-state index is 0.0903. The summed E-state index contributed by atoms with van der Waals surface area (Å²) in [5.41, 5.74) is 2.59. The van der Waals surface area contributed by atoms with Crippen molar-refractivity contribution in [3.63, 3.8) is 0 Å². The number of nitrogens with zero attached hydrogens (tertiary/aromatic N) is 1. The van der Waals surface area contributed by atoms with Gasteiger partial charge in [-0.05, 0) is 48.4 Å². The summed E-state index contributed by atoms with van der Waals surface area (Å²) in [6, 6.07) is 17.1. The maximum absolute atomic E-state index is 12.1. The smallest absolute Gasteiger partial charge is 0.226 e. The van der Waals surface area contributed by atoms with E-state index in [-0.39, 0.29) is 12.3 Å². The van der Waals surface area contributed by atoms with Gasteiger partial charge in [-0.3, -0.25) is 4.79 Å². The van der Waals surface area contributed by atoms with Crippen molar-refractivity contribution >= 4 is 5.91 Å². The highest BCUT2D eigenvalue weighted by molar-refractivity contribution is 5.78. The van der Waals surface area contributed by atoms with E-state index < -0.39 is 0 Å². The van der Waals surface area contributed by atoms with Gasteiger partial charge in [-0.25, -0.2) is 0 Å². The van der Waals surface area contributed by atoms with Crippen molar-refractivity contribution in [2.45, 2.75) is 12.8 Å². The third-order valence-corrected chi connectivity index (χ3v) is 4.15. The Labute approximate surface area is 158 Å². The van der Waals surface area contributed by atoms with Gasteiger partial charge in [0.15, 0.2) is 5.76 Å². The molecule has 1 N–H and O–H groups in total. The van der Waals surface area contributed by atoms with Crippen LogP contribution in [0, 0.1) is 0 Å². The second-order valence-electron chi connectivity index (χ2n) is 6.04. The number of carbonyl (C=O) groups is 1. The highest BCUT2D eigenvalue weighted by Gasteiger charge is 2.11. The molecule has 0 aliphatic heterocycles. The summed E-state index contributed by atoms with van der Waals surface area (Å²) < 4.78 is 15.7. The number of hydrogen-bond donors (Lipinski definition) is 1. The van der Waals surface area contributed by atoms with Crippen molar-refractivity contribution in [2.75, 3.05) is 20.8 Å². The number of nitrogens with one attached hydrogen (secondary N) is 1. The van der Waals surface area contributed by atoms with Gasteiger partial charge >= 0.3 is 0 Å². The first kappa shape index (κ1) is 18.5. The Hall–Kier alpha value is -3.28. The van der Waals surface area contributed by atoms with Gasteiger partial charge in [0.2, 0.25) is 5.91 Å². The molecule has 0 fully saturated rings. The Morgan fingerprint density at radius 2 is 1.81 bits per heavy atom. The summed E-state index contributed by atoms with van der Waals surface area (Å²) in [5.74, 6) is 2.12. The van der Waals surface area contributed by atoms with Gasteiger partial charge in [-0.1, -0.05) is 17.3 Å². The van der Waals surface area contributed by atoms with Gasteiger partial charge in [0, 0.05) is 18.2 Å². The number of rotatable bonds is 8. The average molecular weight is 366 g/mol. The van der Waals surface area contributed by atoms with E-state index in [1.807, 2.05) is 48.5 Å². The maximum Gasteiger partial charge on any atom is 0.226 e. The number of aromatic nitrogens is 1. The van der Waals surface area contributed by atoms with E-state index in [0.717, 1.165) is 29.0 Å². The highest BCUT2D eigenvalue weighted by atomic mass is 16.5. The molecule has 27 heavy (non-hydrogen) atoms. The van der Waals surface area contributed by atoms with Crippen LogP contribution in [0.1, 0.15) is 11.3 Å². The first-order chi connectivity index (χ1) is 13.2. The van der Waals surface area contributed by atoms with Crippen LogP contribution in [0.4, 0.5) is 0 Å². The molecule has 6 heteroatoms. The molecule has 0 spiro atoms. The van der Waals surface area contributed by atoms with Gasteiger partial charge in [0.1, 0.15) is 11.5 Å². The van der Waals surface area contributed by atoms with Crippen LogP contribution in [0.15, 0.2) is 59.1 Å². The predicted octanol–water partition coefficient (Wildman–Crippen LogP) is 3.26. The topological polar surface area (TPSA) is 73.6 Å². The zero-order chi connectivity index (χ0) is 19.1. The first-order valence-corrected chi connectivity index (χ1v) is 8.67. The van der Waals surface area contributed by atoms with Crippen LogP contribution in [0.25, 0.3) is 11.3 Å². The van der Waals surface area contributed by atoms with Crippen LogP contribution in [0.2, 0.25) is 0 Å². The van der Waals surface area contributed by atoms with Crippen molar-refractivity contribution in [2.24, 2.45) is 0 Å². The monoisotopic (exact) mass is 366 g/mol. The number of methoxy groups -OCH3 is 2. The molecule has 0 saturated carbocycles. The summed E-state index contributed by atoms with van der Waals surface area (Å²) in [6.07, 6.45) is 0.913. The molecule has 0 aliphatic rings. The fourth-order valence-corrected chi connectivity index (χ4v) is 2.69. The molecule has 0 aliphatic carbocycles. The zero-order valence-electron chi connectivity index (χ0n) is 15.4. The fraction of sp³-hybridized carbons (Fsp3) is 0.238. The zero-order valence-corrected chi connectivity index (χ0v) is 15.4. The van der Waals surface area contributed by atoms with Crippen LogP contribution in [-0.2, 0) is 17.6 Å². The van der Waals surface area contributed by atoms with Gasteiger partial charge in [-0.2, -0.15) is 0 Å². The van der Waals surface area contributed by atoms with E-state index in [1.54, 1.807) is 20.3 Å². The van der Waals surface area contributed by atoms with Gasteiger partial charge in [0.25, 0.3) is 0 Å². The summed E-state index contributed by atoms with van der Waals surface area (Å²) in [5, 5.41) is 6.88. The van der Waals surface area contributed by atoms with Crippen molar-refractivity contribution < 1.29 is 18.8 Å². The first-order valence-electron chi connectivity index (χ1n) is 8.67. The summed E-state index contributed by atoms with van der Waals surface area (Å²) in [6.45, 7) is 0.551. The lowest BCUT2D eigenvalue weighted by atomic mass is 10.1. The Morgan fingerprint density at radius 3 is 2.56 bits per heavy atom. The Kier molecular flexibility index (Phi) is 6.10. The molecule has 3 rings (SSSR count). The normalized spacial score (nSPS) is 10.4. The summed E-state index contributed by atoms with van der Waals surface area (Å²) >= 11 is 0.